The second-order valence-corrected chi connectivity index (χ2v) is 3.47. The summed E-state index contributed by atoms with van der Waals surface area (Å²) in [4.78, 5) is 13.7. The maximum absolute atomic E-state index is 10.5. The minimum atomic E-state index is -0.337. The molecule has 78 valence electrons. The first-order chi connectivity index (χ1) is 7.25. The highest BCUT2D eigenvalue weighted by atomic mass is 16.1. The van der Waals surface area contributed by atoms with Crippen molar-refractivity contribution >= 4 is 16.8 Å². The minimum Gasteiger partial charge on any atom is -0.369 e. The molecule has 0 aliphatic heterocycles. The fraction of sp³-hybridized carbons (Fsp3) is 0.182. The molecule has 15 heavy (non-hydrogen) atoms. The molecule has 0 radical (unpaired) electrons. The van der Waals surface area contributed by atoms with Crippen LogP contribution in [0.3, 0.4) is 0 Å². The van der Waals surface area contributed by atoms with E-state index in [9.17, 15) is 4.79 Å². The monoisotopic (exact) mass is 203 g/mol. The first kappa shape index (κ1) is 9.73. The molecule has 1 heterocycles. The number of fused-ring (bicyclic) bond motifs is 1. The number of hydrogen-bond acceptors (Lipinski definition) is 2. The predicted molar refractivity (Wildman–Crippen MR) is 59.2 cm³/mol. The van der Waals surface area contributed by atoms with Gasteiger partial charge in [-0.15, -0.1) is 0 Å². The lowest BCUT2D eigenvalue weighted by Gasteiger charge is -2.02. The molecule has 0 saturated carbocycles. The van der Waals surface area contributed by atoms with E-state index in [0.717, 1.165) is 11.1 Å². The van der Waals surface area contributed by atoms with Gasteiger partial charge in [0, 0.05) is 18.3 Å². The second kappa shape index (κ2) is 4.14. The Bertz CT molecular complexity index is 475. The van der Waals surface area contributed by atoms with Gasteiger partial charge in [0.1, 0.15) is 0 Å². The lowest BCUT2D eigenvalue weighted by atomic mass is 10.1. The third-order valence-electron chi connectivity index (χ3n) is 2.25. The number of rotatable bonds is 4. The minimum absolute atomic E-state index is 0.211. The molecule has 4 N–H and O–H groups in total. The van der Waals surface area contributed by atoms with Crippen molar-refractivity contribution in [3.63, 3.8) is 0 Å². The van der Waals surface area contributed by atoms with Gasteiger partial charge in [0.05, 0.1) is 6.54 Å². The molecule has 1 amide bonds. The summed E-state index contributed by atoms with van der Waals surface area (Å²) in [5.74, 6) is -0.337. The Morgan fingerprint density at radius 1 is 1.40 bits per heavy atom. The number of benzene rings is 1. The average molecular weight is 203 g/mol. The van der Waals surface area contributed by atoms with E-state index in [1.807, 2.05) is 24.4 Å². The van der Waals surface area contributed by atoms with E-state index >= 15 is 0 Å². The summed E-state index contributed by atoms with van der Waals surface area (Å²) in [5, 5.41) is 4.16. The van der Waals surface area contributed by atoms with E-state index in [1.54, 1.807) is 0 Å². The zero-order chi connectivity index (χ0) is 10.7. The SMILES string of the molecule is NC(=O)CNCc1ccc2cc[nH]c2c1. The van der Waals surface area contributed by atoms with Crippen molar-refractivity contribution in [1.29, 1.82) is 0 Å². The molecule has 0 unspecified atom stereocenters. The van der Waals surface area contributed by atoms with Gasteiger partial charge in [-0.1, -0.05) is 12.1 Å². The highest BCUT2D eigenvalue weighted by Gasteiger charge is 1.98. The maximum Gasteiger partial charge on any atom is 0.231 e. The molecular weight excluding hydrogens is 190 g/mol. The van der Waals surface area contributed by atoms with Crippen molar-refractivity contribution in [1.82, 2.24) is 10.3 Å². The van der Waals surface area contributed by atoms with Crippen LogP contribution in [0.5, 0.6) is 0 Å². The molecule has 0 bridgehead atoms. The van der Waals surface area contributed by atoms with Crippen LogP contribution in [0, 0.1) is 0 Å². The summed E-state index contributed by atoms with van der Waals surface area (Å²) in [6, 6.07) is 8.16. The van der Waals surface area contributed by atoms with Crippen LogP contribution in [-0.2, 0) is 11.3 Å². The Labute approximate surface area is 87.5 Å². The van der Waals surface area contributed by atoms with Crippen molar-refractivity contribution in [2.75, 3.05) is 6.54 Å². The molecular formula is C11H13N3O. The number of primary amides is 1. The Hall–Kier alpha value is -1.81. The topological polar surface area (TPSA) is 70.9 Å². The summed E-state index contributed by atoms with van der Waals surface area (Å²) in [6.45, 7) is 0.862. The van der Waals surface area contributed by atoms with E-state index in [0.29, 0.717) is 6.54 Å². The normalized spacial score (nSPS) is 10.7. The van der Waals surface area contributed by atoms with Crippen molar-refractivity contribution in [3.05, 3.63) is 36.0 Å². The lowest BCUT2D eigenvalue weighted by Crippen LogP contribution is -2.28. The summed E-state index contributed by atoms with van der Waals surface area (Å²) >= 11 is 0. The third kappa shape index (κ3) is 2.35. The Balaban J connectivity index is 2.04. The first-order valence-corrected chi connectivity index (χ1v) is 4.81. The van der Waals surface area contributed by atoms with Gasteiger partial charge >= 0.3 is 0 Å². The molecule has 0 aliphatic rings. The number of aromatic nitrogens is 1. The number of H-pyrrole nitrogens is 1. The van der Waals surface area contributed by atoms with Gasteiger partial charge in [-0.25, -0.2) is 0 Å². The first-order valence-electron chi connectivity index (χ1n) is 4.81. The molecule has 2 rings (SSSR count). The highest BCUT2D eigenvalue weighted by Crippen LogP contribution is 2.13. The Kier molecular flexibility index (Phi) is 2.69. The average Bonchev–Trinajstić information content (AvgIpc) is 2.64. The zero-order valence-electron chi connectivity index (χ0n) is 8.29. The number of hydrogen-bond donors (Lipinski definition) is 3. The quantitative estimate of drug-likeness (QED) is 0.686. The largest absolute Gasteiger partial charge is 0.369 e. The van der Waals surface area contributed by atoms with E-state index < -0.39 is 0 Å². The van der Waals surface area contributed by atoms with Crippen molar-refractivity contribution < 1.29 is 4.79 Å². The molecule has 4 heteroatoms. The van der Waals surface area contributed by atoms with Crippen LogP contribution >= 0.6 is 0 Å². The summed E-state index contributed by atoms with van der Waals surface area (Å²) < 4.78 is 0. The Morgan fingerprint density at radius 2 is 2.27 bits per heavy atom. The van der Waals surface area contributed by atoms with Gasteiger partial charge in [-0.2, -0.15) is 0 Å². The van der Waals surface area contributed by atoms with Gasteiger partial charge in [0.2, 0.25) is 5.91 Å². The molecule has 1 aromatic carbocycles. The van der Waals surface area contributed by atoms with Gasteiger partial charge in [-0.3, -0.25) is 4.79 Å². The van der Waals surface area contributed by atoms with Crippen LogP contribution in [-0.4, -0.2) is 17.4 Å². The summed E-state index contributed by atoms with van der Waals surface area (Å²) in [6.07, 6.45) is 1.91. The molecule has 1 aromatic heterocycles. The second-order valence-electron chi connectivity index (χ2n) is 3.47. The zero-order valence-corrected chi connectivity index (χ0v) is 8.29. The number of carbonyl (C=O) groups excluding carboxylic acids is 1. The maximum atomic E-state index is 10.5. The fourth-order valence-corrected chi connectivity index (χ4v) is 1.53. The summed E-state index contributed by atoms with van der Waals surface area (Å²) in [5.41, 5.74) is 7.26. The fourth-order valence-electron chi connectivity index (χ4n) is 1.53. The van der Waals surface area contributed by atoms with E-state index in [1.165, 1.54) is 5.39 Å². The van der Waals surface area contributed by atoms with Crippen molar-refractivity contribution in [3.8, 4) is 0 Å². The number of aromatic amines is 1. The van der Waals surface area contributed by atoms with Gasteiger partial charge in [-0.05, 0) is 23.1 Å². The smallest absolute Gasteiger partial charge is 0.231 e. The number of amides is 1. The Morgan fingerprint density at radius 3 is 3.07 bits per heavy atom. The third-order valence-corrected chi connectivity index (χ3v) is 2.25. The molecule has 0 atom stereocenters. The van der Waals surface area contributed by atoms with Crippen LogP contribution in [0.25, 0.3) is 10.9 Å². The standard InChI is InChI=1S/C11H13N3O/c12-11(15)7-13-6-8-1-2-9-3-4-14-10(9)5-8/h1-5,13-14H,6-7H2,(H2,12,15). The van der Waals surface area contributed by atoms with Gasteiger partial charge in [0.25, 0.3) is 0 Å². The van der Waals surface area contributed by atoms with Crippen LogP contribution in [0.1, 0.15) is 5.56 Å². The number of nitrogens with one attached hydrogen (secondary N) is 2. The molecule has 4 nitrogen and oxygen atoms in total. The van der Waals surface area contributed by atoms with Gasteiger partial charge in [0.15, 0.2) is 0 Å². The van der Waals surface area contributed by atoms with Crippen LogP contribution in [0.4, 0.5) is 0 Å². The molecule has 0 saturated heterocycles. The van der Waals surface area contributed by atoms with Crippen LogP contribution in [0.2, 0.25) is 0 Å². The summed E-state index contributed by atoms with van der Waals surface area (Å²) in [7, 11) is 0. The van der Waals surface area contributed by atoms with E-state index in [4.69, 9.17) is 5.73 Å². The van der Waals surface area contributed by atoms with E-state index in [-0.39, 0.29) is 12.5 Å². The van der Waals surface area contributed by atoms with Crippen molar-refractivity contribution in [2.24, 2.45) is 5.73 Å². The number of nitrogens with two attached hydrogens (primary N) is 1. The van der Waals surface area contributed by atoms with Crippen LogP contribution < -0.4 is 11.1 Å². The van der Waals surface area contributed by atoms with Gasteiger partial charge < -0.3 is 16.0 Å². The predicted octanol–water partition coefficient (Wildman–Crippen LogP) is 0.743. The van der Waals surface area contributed by atoms with Crippen molar-refractivity contribution in [2.45, 2.75) is 6.54 Å². The molecule has 0 fully saturated rings. The molecule has 0 aliphatic carbocycles. The number of carbonyl (C=O) groups is 1. The van der Waals surface area contributed by atoms with E-state index in [2.05, 4.69) is 16.4 Å². The molecule has 2 aromatic rings. The van der Waals surface area contributed by atoms with Crippen LogP contribution in [0.15, 0.2) is 30.5 Å². The highest BCUT2D eigenvalue weighted by molar-refractivity contribution is 5.80. The molecule has 0 spiro atoms. The lowest BCUT2D eigenvalue weighted by molar-refractivity contribution is -0.117.